The van der Waals surface area contributed by atoms with Crippen LogP contribution in [-0.2, 0) is 4.57 Å². The van der Waals surface area contributed by atoms with Crippen molar-refractivity contribution in [1.82, 2.24) is 0 Å². The fraction of sp³-hybridized carbons (Fsp3) is 0.778. The molecule has 2 unspecified atom stereocenters. The Bertz CT molecular complexity index is 213. The molecule has 0 aromatic carbocycles. The van der Waals surface area contributed by atoms with E-state index in [1.54, 1.807) is 0 Å². The zero-order valence-electron chi connectivity index (χ0n) is 7.65. The molecular weight excluding hydrogens is 187 g/mol. The third-order valence-corrected chi connectivity index (χ3v) is 2.99. The lowest BCUT2D eigenvalue weighted by molar-refractivity contribution is 0.223. The van der Waals surface area contributed by atoms with Crippen LogP contribution < -0.4 is 0 Å². The van der Waals surface area contributed by atoms with E-state index in [1.807, 2.05) is 6.08 Å². The Labute approximate surface area is 79.3 Å². The molecule has 2 N–H and O–H groups in total. The summed E-state index contributed by atoms with van der Waals surface area (Å²) in [5, 5.41) is 9.18. The Hall–Kier alpha value is -0.240. The molecule has 0 fully saturated rings. The Morgan fingerprint density at radius 1 is 1.54 bits per heavy atom. The normalized spacial score (nSPS) is 23.1. The van der Waals surface area contributed by atoms with Crippen molar-refractivity contribution in [1.29, 1.82) is 0 Å². The average molecular weight is 203 g/mol. The molecule has 0 saturated heterocycles. The van der Waals surface area contributed by atoms with Crippen LogP contribution >= 0.6 is 8.03 Å². The second-order valence-electron chi connectivity index (χ2n) is 3.46. The molecule has 0 aromatic heterocycles. The molecule has 1 aliphatic rings. The molecule has 2 atom stereocenters. The van der Waals surface area contributed by atoms with E-state index < -0.39 is 8.03 Å². The van der Waals surface area contributed by atoms with Gasteiger partial charge in [-0.1, -0.05) is 11.6 Å². The average Bonchev–Trinajstić information content (AvgIpc) is 2.45. The molecule has 1 aliphatic carbocycles. The molecule has 0 radical (unpaired) electrons. The van der Waals surface area contributed by atoms with Crippen LogP contribution in [0.4, 0.5) is 0 Å². The summed E-state index contributed by atoms with van der Waals surface area (Å²) in [4.78, 5) is 8.54. The van der Waals surface area contributed by atoms with Gasteiger partial charge in [-0.2, -0.15) is 4.89 Å². The molecular formula is C9H16O3P+. The van der Waals surface area contributed by atoms with Gasteiger partial charge in [0.25, 0.3) is 0 Å². The molecule has 0 amide bonds. The molecule has 4 heteroatoms. The molecule has 3 nitrogen and oxygen atoms in total. The molecule has 1 rings (SSSR count). The van der Waals surface area contributed by atoms with Gasteiger partial charge in [-0.15, -0.1) is 0 Å². The minimum Gasteiger partial charge on any atom is -0.389 e. The number of aliphatic hydroxyl groups is 1. The summed E-state index contributed by atoms with van der Waals surface area (Å²) >= 11 is 0. The van der Waals surface area contributed by atoms with E-state index in [9.17, 15) is 9.67 Å². The van der Waals surface area contributed by atoms with Crippen LogP contribution in [0.25, 0.3) is 0 Å². The van der Waals surface area contributed by atoms with Crippen molar-refractivity contribution >= 4 is 8.03 Å². The van der Waals surface area contributed by atoms with Crippen molar-refractivity contribution in [2.24, 2.45) is 0 Å². The SMILES string of the molecule is O=[P+](O)CCCCC1=CC(O)CC1. The van der Waals surface area contributed by atoms with Crippen LogP contribution in [0.2, 0.25) is 0 Å². The standard InChI is InChI=1S/C9H15O3P/c10-9-5-4-8(7-9)3-1-2-6-13(11)12/h7,9-10H,1-6H2/p+1. The number of hydrogen-bond donors (Lipinski definition) is 2. The van der Waals surface area contributed by atoms with Crippen molar-refractivity contribution in [3.63, 3.8) is 0 Å². The van der Waals surface area contributed by atoms with E-state index >= 15 is 0 Å². The quantitative estimate of drug-likeness (QED) is 0.408. The maximum Gasteiger partial charge on any atom is 0.505 e. The highest BCUT2D eigenvalue weighted by Crippen LogP contribution is 2.24. The number of aliphatic hydroxyl groups excluding tert-OH is 1. The first kappa shape index (κ1) is 10.8. The van der Waals surface area contributed by atoms with Gasteiger partial charge >= 0.3 is 8.03 Å². The first-order chi connectivity index (χ1) is 6.18. The number of rotatable bonds is 5. The van der Waals surface area contributed by atoms with Gasteiger partial charge in [0.1, 0.15) is 0 Å². The van der Waals surface area contributed by atoms with Gasteiger partial charge in [-0.3, -0.25) is 0 Å². The Balaban J connectivity index is 2.06. The first-order valence-corrected chi connectivity index (χ1v) is 6.09. The third-order valence-electron chi connectivity index (χ3n) is 2.29. The first-order valence-electron chi connectivity index (χ1n) is 4.69. The van der Waals surface area contributed by atoms with Crippen LogP contribution in [-0.4, -0.2) is 22.3 Å². The topological polar surface area (TPSA) is 57.5 Å². The predicted octanol–water partition coefficient (Wildman–Crippen LogP) is 1.97. The summed E-state index contributed by atoms with van der Waals surface area (Å²) in [5.74, 6) is 0. The van der Waals surface area contributed by atoms with Gasteiger partial charge in [-0.05, 0) is 36.7 Å². The van der Waals surface area contributed by atoms with E-state index in [1.165, 1.54) is 5.57 Å². The van der Waals surface area contributed by atoms with Gasteiger partial charge in [0.15, 0.2) is 6.16 Å². The highest BCUT2D eigenvalue weighted by Gasteiger charge is 2.13. The van der Waals surface area contributed by atoms with Gasteiger partial charge in [-0.25, -0.2) is 0 Å². The van der Waals surface area contributed by atoms with Crippen molar-refractivity contribution in [2.45, 2.75) is 38.2 Å². The van der Waals surface area contributed by atoms with E-state index in [-0.39, 0.29) is 6.10 Å². The van der Waals surface area contributed by atoms with Crippen molar-refractivity contribution < 1.29 is 14.6 Å². The van der Waals surface area contributed by atoms with Crippen molar-refractivity contribution in [3.05, 3.63) is 11.6 Å². The second-order valence-corrected chi connectivity index (χ2v) is 4.62. The fourth-order valence-corrected chi connectivity index (χ4v) is 2.07. The summed E-state index contributed by atoms with van der Waals surface area (Å²) in [6.45, 7) is 0. The Morgan fingerprint density at radius 2 is 2.31 bits per heavy atom. The predicted molar refractivity (Wildman–Crippen MR) is 51.9 cm³/mol. The maximum absolute atomic E-state index is 10.3. The number of allylic oxidation sites excluding steroid dienone is 1. The molecule has 74 valence electrons. The van der Waals surface area contributed by atoms with Crippen molar-refractivity contribution in [3.8, 4) is 0 Å². The molecule has 0 spiro atoms. The monoisotopic (exact) mass is 203 g/mol. The smallest absolute Gasteiger partial charge is 0.389 e. The zero-order chi connectivity index (χ0) is 9.68. The highest BCUT2D eigenvalue weighted by molar-refractivity contribution is 7.37. The number of hydrogen-bond acceptors (Lipinski definition) is 2. The Kier molecular flexibility index (Phi) is 4.57. The molecule has 0 saturated carbocycles. The van der Waals surface area contributed by atoms with E-state index in [0.29, 0.717) is 6.16 Å². The highest BCUT2D eigenvalue weighted by atomic mass is 31.1. The lowest BCUT2D eigenvalue weighted by atomic mass is 10.1. The molecule has 13 heavy (non-hydrogen) atoms. The van der Waals surface area contributed by atoms with Gasteiger partial charge < -0.3 is 5.11 Å². The lowest BCUT2D eigenvalue weighted by Gasteiger charge is -1.97. The van der Waals surface area contributed by atoms with E-state index in [4.69, 9.17) is 4.89 Å². The zero-order valence-corrected chi connectivity index (χ0v) is 8.54. The van der Waals surface area contributed by atoms with Crippen LogP contribution in [0.15, 0.2) is 11.6 Å². The Morgan fingerprint density at radius 3 is 2.85 bits per heavy atom. The van der Waals surface area contributed by atoms with Crippen LogP contribution in [0.1, 0.15) is 32.1 Å². The molecule has 0 aromatic rings. The van der Waals surface area contributed by atoms with Gasteiger partial charge in [0.05, 0.1) is 6.10 Å². The summed E-state index contributed by atoms with van der Waals surface area (Å²) < 4.78 is 10.3. The largest absolute Gasteiger partial charge is 0.505 e. The second kappa shape index (κ2) is 5.48. The summed E-state index contributed by atoms with van der Waals surface area (Å²) in [7, 11) is -1.95. The van der Waals surface area contributed by atoms with Crippen LogP contribution in [0.3, 0.4) is 0 Å². The van der Waals surface area contributed by atoms with Crippen LogP contribution in [0, 0.1) is 0 Å². The van der Waals surface area contributed by atoms with Crippen molar-refractivity contribution in [2.75, 3.05) is 6.16 Å². The van der Waals surface area contributed by atoms with E-state index in [0.717, 1.165) is 32.1 Å². The van der Waals surface area contributed by atoms with Crippen LogP contribution in [0.5, 0.6) is 0 Å². The van der Waals surface area contributed by atoms with Gasteiger partial charge in [0, 0.05) is 0 Å². The maximum atomic E-state index is 10.3. The summed E-state index contributed by atoms with van der Waals surface area (Å²) in [6.07, 6.45) is 6.66. The summed E-state index contributed by atoms with van der Waals surface area (Å²) in [6, 6.07) is 0. The van der Waals surface area contributed by atoms with E-state index in [2.05, 4.69) is 0 Å². The minimum atomic E-state index is -1.95. The molecule has 0 heterocycles. The third kappa shape index (κ3) is 4.51. The molecule has 0 bridgehead atoms. The molecule has 0 aliphatic heterocycles. The lowest BCUT2D eigenvalue weighted by Crippen LogP contribution is -1.93. The summed E-state index contributed by atoms with van der Waals surface area (Å²) in [5.41, 5.74) is 1.31. The number of unbranched alkanes of at least 4 members (excludes halogenated alkanes) is 1. The minimum absolute atomic E-state index is 0.246. The fourth-order valence-electron chi connectivity index (χ4n) is 1.58. The van der Waals surface area contributed by atoms with Gasteiger partial charge in [0.2, 0.25) is 0 Å².